The second kappa shape index (κ2) is 6.97. The number of hydrogen-bond donors (Lipinski definition) is 3. The first-order valence-corrected chi connectivity index (χ1v) is 7.85. The van der Waals surface area contributed by atoms with Gasteiger partial charge in [-0.1, -0.05) is 56.3 Å². The highest BCUT2D eigenvalue weighted by atomic mass is 16.3. The van der Waals surface area contributed by atoms with Gasteiger partial charge in [0.2, 0.25) is 0 Å². The molecule has 2 rings (SSSR count). The Morgan fingerprint density at radius 2 is 2.00 bits per heavy atom. The van der Waals surface area contributed by atoms with Crippen molar-refractivity contribution in [2.24, 2.45) is 5.92 Å². The maximum absolute atomic E-state index is 12.2. The summed E-state index contributed by atoms with van der Waals surface area (Å²) in [6, 6.07) is 10.0. The summed E-state index contributed by atoms with van der Waals surface area (Å²) in [5.74, 6) is 0.156. The normalized spacial score (nSPS) is 22.4. The first kappa shape index (κ1) is 16.6. The van der Waals surface area contributed by atoms with Gasteiger partial charge in [-0.2, -0.15) is 0 Å². The summed E-state index contributed by atoms with van der Waals surface area (Å²) in [5, 5.41) is 15.1. The third-order valence-corrected chi connectivity index (χ3v) is 4.67. The van der Waals surface area contributed by atoms with Gasteiger partial charge in [0, 0.05) is 30.0 Å². The van der Waals surface area contributed by atoms with Crippen LogP contribution in [0, 0.1) is 5.92 Å². The summed E-state index contributed by atoms with van der Waals surface area (Å²) in [6.45, 7) is 6.41. The maximum atomic E-state index is 12.2. The molecule has 0 saturated carbocycles. The molecule has 1 aromatic carbocycles. The number of aliphatic hydroxyl groups excluding tert-OH is 1. The Balaban J connectivity index is 1.90. The van der Waals surface area contributed by atoms with Crippen molar-refractivity contribution in [1.82, 2.24) is 10.6 Å². The number of benzene rings is 1. The summed E-state index contributed by atoms with van der Waals surface area (Å²) in [5.41, 5.74) is 1.04. The molecular formula is C18H26N2O2. The number of rotatable bonds is 5. The van der Waals surface area contributed by atoms with Crippen molar-refractivity contribution in [1.29, 1.82) is 0 Å². The molecule has 120 valence electrons. The van der Waals surface area contributed by atoms with Gasteiger partial charge < -0.3 is 15.7 Å². The maximum Gasteiger partial charge on any atom is 0.315 e. The van der Waals surface area contributed by atoms with Gasteiger partial charge >= 0.3 is 6.03 Å². The molecule has 0 saturated heterocycles. The Hall–Kier alpha value is -1.81. The van der Waals surface area contributed by atoms with Gasteiger partial charge in [0.15, 0.2) is 0 Å². The number of aliphatic hydroxyl groups is 1. The van der Waals surface area contributed by atoms with E-state index < -0.39 is 0 Å². The van der Waals surface area contributed by atoms with Crippen LogP contribution >= 0.6 is 0 Å². The van der Waals surface area contributed by atoms with Crippen LogP contribution in [0.1, 0.15) is 32.8 Å². The van der Waals surface area contributed by atoms with E-state index in [-0.39, 0.29) is 36.1 Å². The second-order valence-electron chi connectivity index (χ2n) is 6.60. The van der Waals surface area contributed by atoms with Crippen LogP contribution in [0.2, 0.25) is 0 Å². The average Bonchev–Trinajstić information content (AvgIpc) is 2.95. The van der Waals surface area contributed by atoms with Crippen molar-refractivity contribution >= 4 is 6.03 Å². The van der Waals surface area contributed by atoms with Crippen LogP contribution in [0.15, 0.2) is 42.5 Å². The molecule has 0 spiro atoms. The lowest BCUT2D eigenvalue weighted by Gasteiger charge is -2.33. The highest BCUT2D eigenvalue weighted by molar-refractivity contribution is 5.75. The standard InChI is InChI=1S/C18H26N2O2/c1-13(18(2,3)15-7-5-4-6-8-15)19-17(22)20-16-10-9-14(11-16)12-21/h4-10,13-14,16,21H,11-12H2,1-3H3,(H2,19,20,22)/t13?,14-,16+/m0/s1. The zero-order valence-electron chi connectivity index (χ0n) is 13.5. The predicted molar refractivity (Wildman–Crippen MR) is 88.7 cm³/mol. The van der Waals surface area contributed by atoms with Gasteiger partial charge in [-0.25, -0.2) is 4.79 Å². The van der Waals surface area contributed by atoms with Gasteiger partial charge in [0.25, 0.3) is 0 Å². The molecule has 0 bridgehead atoms. The fourth-order valence-electron chi connectivity index (χ4n) is 2.72. The summed E-state index contributed by atoms with van der Waals surface area (Å²) >= 11 is 0. The molecule has 1 unspecified atom stereocenters. The quantitative estimate of drug-likeness (QED) is 0.732. The molecule has 0 radical (unpaired) electrons. The lowest BCUT2D eigenvalue weighted by Crippen LogP contribution is -2.50. The largest absolute Gasteiger partial charge is 0.396 e. The topological polar surface area (TPSA) is 61.4 Å². The Bertz CT molecular complexity index is 525. The zero-order valence-corrected chi connectivity index (χ0v) is 13.5. The molecule has 2 amide bonds. The molecule has 4 heteroatoms. The Kier molecular flexibility index (Phi) is 5.24. The van der Waals surface area contributed by atoms with Crippen LogP contribution in [0.3, 0.4) is 0 Å². The first-order chi connectivity index (χ1) is 10.4. The molecule has 0 aliphatic heterocycles. The molecule has 1 aromatic rings. The van der Waals surface area contributed by atoms with Crippen molar-refractivity contribution < 1.29 is 9.90 Å². The van der Waals surface area contributed by atoms with E-state index in [4.69, 9.17) is 5.11 Å². The minimum absolute atomic E-state index is 0.00388. The van der Waals surface area contributed by atoms with Crippen LogP contribution < -0.4 is 10.6 Å². The first-order valence-electron chi connectivity index (χ1n) is 7.85. The summed E-state index contributed by atoms with van der Waals surface area (Å²) < 4.78 is 0. The fraction of sp³-hybridized carbons (Fsp3) is 0.500. The molecule has 4 nitrogen and oxygen atoms in total. The Morgan fingerprint density at radius 3 is 2.59 bits per heavy atom. The molecule has 0 aromatic heterocycles. The van der Waals surface area contributed by atoms with E-state index in [1.807, 2.05) is 37.3 Å². The van der Waals surface area contributed by atoms with Crippen LogP contribution in [0.25, 0.3) is 0 Å². The number of urea groups is 1. The predicted octanol–water partition coefficient (Wildman–Crippen LogP) is 2.59. The van der Waals surface area contributed by atoms with Gasteiger partial charge in [-0.3, -0.25) is 0 Å². The van der Waals surface area contributed by atoms with Crippen molar-refractivity contribution in [2.45, 2.75) is 44.7 Å². The number of carbonyl (C=O) groups is 1. The van der Waals surface area contributed by atoms with Crippen molar-refractivity contribution in [3.63, 3.8) is 0 Å². The number of amides is 2. The molecule has 3 atom stereocenters. The summed E-state index contributed by atoms with van der Waals surface area (Å²) in [7, 11) is 0. The molecule has 1 aliphatic carbocycles. The summed E-state index contributed by atoms with van der Waals surface area (Å²) in [4.78, 5) is 12.2. The van der Waals surface area contributed by atoms with Gasteiger partial charge in [-0.15, -0.1) is 0 Å². The van der Waals surface area contributed by atoms with E-state index in [1.165, 1.54) is 5.56 Å². The Labute approximate surface area is 132 Å². The van der Waals surface area contributed by atoms with Crippen LogP contribution in [0.4, 0.5) is 4.79 Å². The fourth-order valence-corrected chi connectivity index (χ4v) is 2.72. The van der Waals surface area contributed by atoms with Crippen LogP contribution in [0.5, 0.6) is 0 Å². The molecular weight excluding hydrogens is 276 g/mol. The number of nitrogens with one attached hydrogen (secondary N) is 2. The second-order valence-corrected chi connectivity index (χ2v) is 6.60. The van der Waals surface area contributed by atoms with E-state index in [0.29, 0.717) is 0 Å². The van der Waals surface area contributed by atoms with Crippen LogP contribution in [-0.4, -0.2) is 29.8 Å². The SMILES string of the molecule is CC(NC(=O)N[C@@H]1C=C[C@H](CO)C1)C(C)(C)c1ccccc1. The monoisotopic (exact) mass is 302 g/mol. The minimum atomic E-state index is -0.162. The van der Waals surface area contributed by atoms with Crippen LogP contribution in [-0.2, 0) is 5.41 Å². The smallest absolute Gasteiger partial charge is 0.315 e. The average molecular weight is 302 g/mol. The lowest BCUT2D eigenvalue weighted by atomic mass is 9.78. The molecule has 1 aliphatic rings. The lowest BCUT2D eigenvalue weighted by molar-refractivity contribution is 0.224. The van der Waals surface area contributed by atoms with E-state index in [0.717, 1.165) is 6.42 Å². The van der Waals surface area contributed by atoms with E-state index in [2.05, 4.69) is 36.6 Å². The number of hydrogen-bond acceptors (Lipinski definition) is 2. The van der Waals surface area contributed by atoms with Gasteiger partial charge in [-0.05, 0) is 18.9 Å². The molecule has 22 heavy (non-hydrogen) atoms. The zero-order chi connectivity index (χ0) is 16.2. The molecule has 0 fully saturated rings. The highest BCUT2D eigenvalue weighted by Gasteiger charge is 2.29. The number of carbonyl (C=O) groups excluding carboxylic acids is 1. The third-order valence-electron chi connectivity index (χ3n) is 4.67. The van der Waals surface area contributed by atoms with E-state index in [1.54, 1.807) is 0 Å². The third kappa shape index (κ3) is 3.89. The summed E-state index contributed by atoms with van der Waals surface area (Å²) in [6.07, 6.45) is 4.68. The Morgan fingerprint density at radius 1 is 1.32 bits per heavy atom. The minimum Gasteiger partial charge on any atom is -0.396 e. The van der Waals surface area contributed by atoms with E-state index >= 15 is 0 Å². The van der Waals surface area contributed by atoms with Crippen molar-refractivity contribution in [3.8, 4) is 0 Å². The van der Waals surface area contributed by atoms with Crippen molar-refractivity contribution in [3.05, 3.63) is 48.0 Å². The van der Waals surface area contributed by atoms with Gasteiger partial charge in [0.1, 0.15) is 0 Å². The van der Waals surface area contributed by atoms with Crippen molar-refractivity contribution in [2.75, 3.05) is 6.61 Å². The molecule has 3 N–H and O–H groups in total. The van der Waals surface area contributed by atoms with E-state index in [9.17, 15) is 4.79 Å². The highest BCUT2D eigenvalue weighted by Crippen LogP contribution is 2.26. The molecule has 0 heterocycles. The van der Waals surface area contributed by atoms with Gasteiger partial charge in [0.05, 0.1) is 0 Å².